The Morgan fingerprint density at radius 3 is 2.32 bits per heavy atom. The summed E-state index contributed by atoms with van der Waals surface area (Å²) < 4.78 is 13.3. The molecule has 160 valence electrons. The molecule has 0 aliphatic carbocycles. The maximum Gasteiger partial charge on any atom is 0.326 e. The van der Waals surface area contributed by atoms with Crippen LogP contribution in [0.5, 0.6) is 0 Å². The van der Waals surface area contributed by atoms with Crippen LogP contribution in [0.4, 0.5) is 20.6 Å². The number of amides is 3. The lowest BCUT2D eigenvalue weighted by atomic mass is 10.2. The highest BCUT2D eigenvalue weighted by Gasteiger charge is 2.16. The fraction of sp³-hybridized carbons (Fsp3) is 0.167. The lowest BCUT2D eigenvalue weighted by Crippen LogP contribution is -2.37. The van der Waals surface area contributed by atoms with E-state index in [-0.39, 0.29) is 17.8 Å². The van der Waals surface area contributed by atoms with Crippen LogP contribution in [-0.4, -0.2) is 25.0 Å². The van der Waals surface area contributed by atoms with E-state index in [1.54, 1.807) is 36.4 Å². The van der Waals surface area contributed by atoms with Gasteiger partial charge in [0.2, 0.25) is 0 Å². The summed E-state index contributed by atoms with van der Waals surface area (Å²) in [5, 5.41) is 6.04. The quantitative estimate of drug-likeness (QED) is 0.467. The molecular formula is C24H23ClFN3O2. The van der Waals surface area contributed by atoms with E-state index in [0.717, 1.165) is 5.56 Å². The minimum atomic E-state index is -0.380. The van der Waals surface area contributed by atoms with Gasteiger partial charge in [0.1, 0.15) is 5.82 Å². The van der Waals surface area contributed by atoms with Crippen molar-refractivity contribution in [3.8, 4) is 0 Å². The largest absolute Gasteiger partial charge is 0.352 e. The number of benzene rings is 3. The van der Waals surface area contributed by atoms with Crippen molar-refractivity contribution in [3.63, 3.8) is 0 Å². The van der Waals surface area contributed by atoms with E-state index < -0.39 is 0 Å². The zero-order chi connectivity index (χ0) is 22.2. The standard InChI is InChI=1S/C24H23ClFN3O2/c1-17-7-11-19(12-8-17)28-24(31)29(20-13-9-18(26)10-14-20)16-4-15-27-23(30)21-5-2-3-6-22(21)25/h2-3,5-14H,4,15-16H2,1H3,(H,27,30)(H,28,31). The molecule has 0 bridgehead atoms. The number of hydrogen-bond donors (Lipinski definition) is 2. The summed E-state index contributed by atoms with van der Waals surface area (Å²) in [7, 11) is 0. The van der Waals surface area contributed by atoms with Gasteiger partial charge in [-0.1, -0.05) is 41.4 Å². The molecule has 0 radical (unpaired) electrons. The van der Waals surface area contributed by atoms with E-state index in [2.05, 4.69) is 10.6 Å². The van der Waals surface area contributed by atoms with Gasteiger partial charge in [0, 0.05) is 24.5 Å². The highest BCUT2D eigenvalue weighted by Crippen LogP contribution is 2.18. The zero-order valence-electron chi connectivity index (χ0n) is 17.1. The number of halogens is 2. The van der Waals surface area contributed by atoms with Crippen LogP contribution in [0.1, 0.15) is 22.3 Å². The second-order valence-electron chi connectivity index (χ2n) is 7.01. The van der Waals surface area contributed by atoms with Crippen LogP contribution < -0.4 is 15.5 Å². The monoisotopic (exact) mass is 439 g/mol. The number of anilines is 2. The Labute approximate surface area is 185 Å². The average Bonchev–Trinajstić information content (AvgIpc) is 2.76. The minimum Gasteiger partial charge on any atom is -0.352 e. The molecule has 2 N–H and O–H groups in total. The van der Waals surface area contributed by atoms with Crippen LogP contribution in [-0.2, 0) is 0 Å². The molecule has 3 rings (SSSR count). The predicted molar refractivity (Wildman–Crippen MR) is 122 cm³/mol. The molecular weight excluding hydrogens is 417 g/mol. The molecule has 3 aromatic rings. The maximum atomic E-state index is 13.3. The number of aryl methyl sites for hydroxylation is 1. The van der Waals surface area contributed by atoms with Crippen molar-refractivity contribution < 1.29 is 14.0 Å². The third-order valence-corrected chi connectivity index (χ3v) is 4.98. The SMILES string of the molecule is Cc1ccc(NC(=O)N(CCCNC(=O)c2ccccc2Cl)c2ccc(F)cc2)cc1. The number of rotatable bonds is 7. The van der Waals surface area contributed by atoms with E-state index in [9.17, 15) is 14.0 Å². The Kier molecular flexibility index (Phi) is 7.62. The molecule has 0 aromatic heterocycles. The Morgan fingerprint density at radius 2 is 1.65 bits per heavy atom. The van der Waals surface area contributed by atoms with Gasteiger partial charge in [-0.3, -0.25) is 9.69 Å². The maximum absolute atomic E-state index is 13.3. The molecule has 0 aliphatic heterocycles. The van der Waals surface area contributed by atoms with Crippen molar-refractivity contribution in [1.29, 1.82) is 0 Å². The van der Waals surface area contributed by atoms with Crippen molar-refractivity contribution in [2.24, 2.45) is 0 Å². The first kappa shape index (κ1) is 22.3. The molecule has 0 atom stereocenters. The van der Waals surface area contributed by atoms with Gasteiger partial charge in [0.25, 0.3) is 5.91 Å². The molecule has 5 nitrogen and oxygen atoms in total. The van der Waals surface area contributed by atoms with Crippen molar-refractivity contribution in [1.82, 2.24) is 5.32 Å². The highest BCUT2D eigenvalue weighted by molar-refractivity contribution is 6.33. The van der Waals surface area contributed by atoms with Crippen LogP contribution >= 0.6 is 11.6 Å². The first-order valence-corrected chi connectivity index (χ1v) is 10.3. The van der Waals surface area contributed by atoms with E-state index in [1.165, 1.54) is 17.0 Å². The molecule has 0 heterocycles. The smallest absolute Gasteiger partial charge is 0.326 e. The van der Waals surface area contributed by atoms with Gasteiger partial charge < -0.3 is 10.6 Å². The highest BCUT2D eigenvalue weighted by atomic mass is 35.5. The molecule has 0 unspecified atom stereocenters. The number of urea groups is 1. The summed E-state index contributed by atoms with van der Waals surface area (Å²) in [5.74, 6) is -0.655. The summed E-state index contributed by atoms with van der Waals surface area (Å²) in [6.07, 6.45) is 0.495. The van der Waals surface area contributed by atoms with Crippen molar-refractivity contribution in [2.45, 2.75) is 13.3 Å². The van der Waals surface area contributed by atoms with E-state index in [4.69, 9.17) is 11.6 Å². The van der Waals surface area contributed by atoms with Crippen LogP contribution in [0.25, 0.3) is 0 Å². The van der Waals surface area contributed by atoms with E-state index in [1.807, 2.05) is 31.2 Å². The average molecular weight is 440 g/mol. The van der Waals surface area contributed by atoms with Gasteiger partial charge >= 0.3 is 6.03 Å². The van der Waals surface area contributed by atoms with Gasteiger partial charge in [0.05, 0.1) is 10.6 Å². The van der Waals surface area contributed by atoms with Crippen LogP contribution in [0.15, 0.2) is 72.8 Å². The normalized spacial score (nSPS) is 10.4. The predicted octanol–water partition coefficient (Wildman–Crippen LogP) is 5.65. The minimum absolute atomic E-state index is 0.275. The van der Waals surface area contributed by atoms with Gasteiger partial charge in [-0.05, 0) is 61.9 Å². The molecule has 3 aromatic carbocycles. The van der Waals surface area contributed by atoms with E-state index in [0.29, 0.717) is 41.5 Å². The van der Waals surface area contributed by atoms with Gasteiger partial charge in [0.15, 0.2) is 0 Å². The van der Waals surface area contributed by atoms with Crippen LogP contribution in [0.2, 0.25) is 5.02 Å². The van der Waals surface area contributed by atoms with Crippen molar-refractivity contribution >= 4 is 34.9 Å². The third kappa shape index (κ3) is 6.30. The molecule has 0 saturated heterocycles. The first-order valence-electron chi connectivity index (χ1n) is 9.87. The summed E-state index contributed by atoms with van der Waals surface area (Å²) in [4.78, 5) is 26.7. The summed E-state index contributed by atoms with van der Waals surface area (Å²) in [6, 6.07) is 19.6. The van der Waals surface area contributed by atoms with Crippen LogP contribution in [0.3, 0.4) is 0 Å². The molecule has 0 fully saturated rings. The van der Waals surface area contributed by atoms with Gasteiger partial charge in [-0.25, -0.2) is 9.18 Å². The number of hydrogen-bond acceptors (Lipinski definition) is 2. The first-order chi connectivity index (χ1) is 14.9. The van der Waals surface area contributed by atoms with Gasteiger partial charge in [-0.2, -0.15) is 0 Å². The fourth-order valence-electron chi connectivity index (χ4n) is 2.98. The Bertz CT molecular complexity index is 1040. The Morgan fingerprint density at radius 1 is 0.968 bits per heavy atom. The summed E-state index contributed by atoms with van der Waals surface area (Å²) in [5.41, 5.74) is 2.71. The van der Waals surface area contributed by atoms with E-state index >= 15 is 0 Å². The molecule has 0 saturated carbocycles. The molecule has 31 heavy (non-hydrogen) atoms. The lowest BCUT2D eigenvalue weighted by molar-refractivity contribution is 0.0953. The third-order valence-electron chi connectivity index (χ3n) is 4.65. The molecule has 0 aliphatic rings. The number of nitrogens with one attached hydrogen (secondary N) is 2. The second kappa shape index (κ2) is 10.6. The van der Waals surface area contributed by atoms with Crippen molar-refractivity contribution in [2.75, 3.05) is 23.3 Å². The molecule has 7 heteroatoms. The van der Waals surface area contributed by atoms with Gasteiger partial charge in [-0.15, -0.1) is 0 Å². The van der Waals surface area contributed by atoms with Crippen LogP contribution in [0, 0.1) is 12.7 Å². The van der Waals surface area contributed by atoms with Crippen molar-refractivity contribution in [3.05, 3.63) is 94.8 Å². The summed E-state index contributed by atoms with van der Waals surface area (Å²) >= 11 is 6.05. The lowest BCUT2D eigenvalue weighted by Gasteiger charge is -2.23. The number of carbonyl (C=O) groups is 2. The zero-order valence-corrected chi connectivity index (χ0v) is 17.8. The number of carbonyl (C=O) groups excluding carboxylic acids is 2. The second-order valence-corrected chi connectivity index (χ2v) is 7.42. The molecule has 0 spiro atoms. The Balaban J connectivity index is 1.63. The topological polar surface area (TPSA) is 61.4 Å². The summed E-state index contributed by atoms with van der Waals surface area (Å²) in [6.45, 7) is 2.64. The fourth-order valence-corrected chi connectivity index (χ4v) is 3.20. The number of nitrogens with zero attached hydrogens (tertiary/aromatic N) is 1. The molecule has 3 amide bonds. The Hall–Kier alpha value is -3.38.